The fourth-order valence-electron chi connectivity index (χ4n) is 5.25. The summed E-state index contributed by atoms with van der Waals surface area (Å²) in [5, 5.41) is 12.5. The Balaban J connectivity index is 1.86. The first-order valence-corrected chi connectivity index (χ1v) is 11.7. The summed E-state index contributed by atoms with van der Waals surface area (Å²) in [6, 6.07) is 18.6. The number of carbonyl (C=O) groups excluding carboxylic acids is 2. The average molecular weight is 465 g/mol. The molecule has 5 rings (SSSR count). The van der Waals surface area contributed by atoms with Crippen molar-refractivity contribution in [1.29, 1.82) is 0 Å². The molecule has 2 N–H and O–H groups in total. The Labute approximate surface area is 204 Å². The maximum atomic E-state index is 13.6. The molecule has 1 amide bonds. The van der Waals surface area contributed by atoms with Crippen molar-refractivity contribution >= 4 is 34.0 Å². The van der Waals surface area contributed by atoms with E-state index in [1.807, 2.05) is 95.3 Å². The highest BCUT2D eigenvalue weighted by Crippen LogP contribution is 2.46. The zero-order valence-corrected chi connectivity index (χ0v) is 20.6. The first-order chi connectivity index (χ1) is 16.7. The number of Topliss-reactive ketones (excluding diaryl/α,β-unsaturated/α-hetero) is 1. The Bertz CT molecular complexity index is 1540. The normalized spacial score (nSPS) is 17.5. The quantitative estimate of drug-likeness (QED) is 0.211. The first-order valence-electron chi connectivity index (χ1n) is 11.7. The van der Waals surface area contributed by atoms with Gasteiger partial charge >= 0.3 is 0 Å². The predicted octanol–water partition coefficient (Wildman–Crippen LogP) is 6.34. The second kappa shape index (κ2) is 8.27. The fraction of sp³-hybridized carbons (Fsp3) is 0.200. The van der Waals surface area contributed by atoms with Crippen LogP contribution < -0.4 is 4.90 Å². The number of nitrogens with zero attached hydrogens (tertiary/aromatic N) is 1. The Morgan fingerprint density at radius 3 is 2.26 bits per heavy atom. The van der Waals surface area contributed by atoms with Gasteiger partial charge in [0.1, 0.15) is 5.76 Å². The van der Waals surface area contributed by atoms with E-state index in [2.05, 4.69) is 4.98 Å². The van der Waals surface area contributed by atoms with E-state index in [0.717, 1.165) is 44.4 Å². The van der Waals surface area contributed by atoms with Crippen molar-refractivity contribution in [1.82, 2.24) is 4.98 Å². The van der Waals surface area contributed by atoms with Crippen LogP contribution in [0.2, 0.25) is 0 Å². The highest BCUT2D eigenvalue weighted by molar-refractivity contribution is 6.52. The number of ketones is 1. The number of carbonyl (C=O) groups is 2. The van der Waals surface area contributed by atoms with Crippen molar-refractivity contribution in [3.63, 3.8) is 0 Å². The van der Waals surface area contributed by atoms with Crippen molar-refractivity contribution in [3.8, 4) is 0 Å². The summed E-state index contributed by atoms with van der Waals surface area (Å²) in [5.74, 6) is -1.47. The summed E-state index contributed by atoms with van der Waals surface area (Å²) in [7, 11) is 0. The zero-order chi connectivity index (χ0) is 25.0. The summed E-state index contributed by atoms with van der Waals surface area (Å²) in [5.41, 5.74) is 7.65. The number of fused-ring (bicyclic) bond motifs is 1. The molecule has 1 unspecified atom stereocenters. The number of anilines is 1. The Morgan fingerprint density at radius 1 is 0.857 bits per heavy atom. The summed E-state index contributed by atoms with van der Waals surface area (Å²) in [6.45, 7) is 9.70. The highest BCUT2D eigenvalue weighted by atomic mass is 16.3. The number of benzene rings is 3. The highest BCUT2D eigenvalue weighted by Gasteiger charge is 2.48. The Hall–Kier alpha value is -4.12. The van der Waals surface area contributed by atoms with E-state index in [4.69, 9.17) is 0 Å². The Kier molecular flexibility index (Phi) is 5.36. The van der Waals surface area contributed by atoms with Crippen LogP contribution in [0.1, 0.15) is 45.1 Å². The van der Waals surface area contributed by atoms with E-state index in [1.54, 1.807) is 4.90 Å². The fourth-order valence-corrected chi connectivity index (χ4v) is 5.25. The van der Waals surface area contributed by atoms with Crippen molar-refractivity contribution in [3.05, 3.63) is 105 Å². The van der Waals surface area contributed by atoms with Gasteiger partial charge in [0.05, 0.1) is 11.6 Å². The molecule has 5 nitrogen and oxygen atoms in total. The minimum absolute atomic E-state index is 0.107. The monoisotopic (exact) mass is 464 g/mol. The minimum atomic E-state index is -0.771. The van der Waals surface area contributed by atoms with Gasteiger partial charge in [0, 0.05) is 33.4 Å². The van der Waals surface area contributed by atoms with Gasteiger partial charge in [0.2, 0.25) is 0 Å². The predicted molar refractivity (Wildman–Crippen MR) is 140 cm³/mol. The third-order valence-electron chi connectivity index (χ3n) is 6.79. The lowest BCUT2D eigenvalue weighted by Crippen LogP contribution is -2.29. The molecule has 1 aliphatic heterocycles. The van der Waals surface area contributed by atoms with Gasteiger partial charge in [-0.15, -0.1) is 0 Å². The third kappa shape index (κ3) is 3.64. The molecule has 0 radical (unpaired) electrons. The van der Waals surface area contributed by atoms with Gasteiger partial charge in [0.25, 0.3) is 11.7 Å². The van der Waals surface area contributed by atoms with Crippen molar-refractivity contribution in [2.24, 2.45) is 0 Å². The molecule has 2 heterocycles. The molecule has 1 fully saturated rings. The molecule has 0 spiro atoms. The van der Waals surface area contributed by atoms with Crippen LogP contribution in [-0.4, -0.2) is 21.8 Å². The van der Waals surface area contributed by atoms with Crippen molar-refractivity contribution in [2.75, 3.05) is 4.90 Å². The van der Waals surface area contributed by atoms with E-state index >= 15 is 0 Å². The van der Waals surface area contributed by atoms with Crippen LogP contribution >= 0.6 is 0 Å². The lowest BCUT2D eigenvalue weighted by atomic mass is 9.91. The van der Waals surface area contributed by atoms with Crippen LogP contribution in [0, 0.1) is 34.6 Å². The molecule has 3 aromatic carbocycles. The molecular formula is C30H28N2O3. The molecule has 1 saturated heterocycles. The number of aliphatic hydroxyl groups is 1. The number of aromatic amines is 1. The molecule has 5 heteroatoms. The zero-order valence-electron chi connectivity index (χ0n) is 20.6. The van der Waals surface area contributed by atoms with Crippen LogP contribution in [0.25, 0.3) is 16.7 Å². The molecule has 1 atom stereocenters. The summed E-state index contributed by atoms with van der Waals surface area (Å²) in [4.78, 5) is 32.1. The smallest absolute Gasteiger partial charge is 0.300 e. The number of amides is 1. The number of nitrogens with one attached hydrogen (secondary N) is 1. The molecule has 0 aliphatic carbocycles. The van der Waals surface area contributed by atoms with Crippen LogP contribution in [-0.2, 0) is 9.59 Å². The standard InChI is InChI=1S/C30H28N2O3/c1-16-10-11-19(4)23(15-16)28(33)26-27(25-20(5)31-24-9-7-6-8-22(24)25)32(30(35)29(26)34)21-13-17(2)12-18(3)14-21/h6-15,27,31,33H,1-5H3/b28-26+. The average Bonchev–Trinajstić information content (AvgIpc) is 3.26. The largest absolute Gasteiger partial charge is 0.507 e. The molecule has 1 aromatic heterocycles. The number of hydrogen-bond donors (Lipinski definition) is 2. The second-order valence-electron chi connectivity index (χ2n) is 9.54. The number of aliphatic hydroxyl groups excluding tert-OH is 1. The van der Waals surface area contributed by atoms with E-state index in [9.17, 15) is 14.7 Å². The minimum Gasteiger partial charge on any atom is -0.507 e. The molecular weight excluding hydrogens is 436 g/mol. The van der Waals surface area contributed by atoms with Gasteiger partial charge in [-0.25, -0.2) is 0 Å². The van der Waals surface area contributed by atoms with Crippen LogP contribution in [0.5, 0.6) is 0 Å². The number of para-hydroxylation sites is 1. The van der Waals surface area contributed by atoms with Gasteiger partial charge in [-0.05, 0) is 75.6 Å². The van der Waals surface area contributed by atoms with Crippen molar-refractivity contribution in [2.45, 2.75) is 40.7 Å². The van der Waals surface area contributed by atoms with Gasteiger partial charge < -0.3 is 10.1 Å². The lowest BCUT2D eigenvalue weighted by molar-refractivity contribution is -0.132. The van der Waals surface area contributed by atoms with E-state index in [0.29, 0.717) is 11.3 Å². The van der Waals surface area contributed by atoms with Crippen LogP contribution in [0.3, 0.4) is 0 Å². The second-order valence-corrected chi connectivity index (χ2v) is 9.54. The Morgan fingerprint density at radius 2 is 1.54 bits per heavy atom. The molecule has 1 aliphatic rings. The van der Waals surface area contributed by atoms with Gasteiger partial charge in [-0.3, -0.25) is 14.5 Å². The molecule has 35 heavy (non-hydrogen) atoms. The lowest BCUT2D eigenvalue weighted by Gasteiger charge is -2.26. The summed E-state index contributed by atoms with van der Waals surface area (Å²) in [6.07, 6.45) is 0. The summed E-state index contributed by atoms with van der Waals surface area (Å²) < 4.78 is 0. The SMILES string of the molecule is Cc1cc(C)cc(N2C(=O)C(=O)/C(=C(/O)c3cc(C)ccc3C)C2c2c(C)[nH]c3ccccc23)c1. The van der Waals surface area contributed by atoms with E-state index in [1.165, 1.54) is 0 Å². The number of hydrogen-bond acceptors (Lipinski definition) is 3. The molecule has 4 aromatic rings. The molecule has 0 bridgehead atoms. The maximum absolute atomic E-state index is 13.6. The van der Waals surface area contributed by atoms with Gasteiger partial charge in [0.15, 0.2) is 0 Å². The van der Waals surface area contributed by atoms with Crippen molar-refractivity contribution < 1.29 is 14.7 Å². The molecule has 176 valence electrons. The number of H-pyrrole nitrogens is 1. The van der Waals surface area contributed by atoms with Gasteiger partial charge in [-0.2, -0.15) is 0 Å². The number of aryl methyl sites for hydroxylation is 5. The number of aromatic nitrogens is 1. The third-order valence-corrected chi connectivity index (χ3v) is 6.79. The topological polar surface area (TPSA) is 73.4 Å². The number of rotatable bonds is 3. The van der Waals surface area contributed by atoms with E-state index in [-0.39, 0.29) is 11.3 Å². The first kappa shape index (κ1) is 22.7. The van der Waals surface area contributed by atoms with Crippen LogP contribution in [0.15, 0.2) is 66.2 Å². The summed E-state index contributed by atoms with van der Waals surface area (Å²) >= 11 is 0. The van der Waals surface area contributed by atoms with E-state index < -0.39 is 17.7 Å². The molecule has 0 saturated carbocycles. The maximum Gasteiger partial charge on any atom is 0.300 e. The van der Waals surface area contributed by atoms with Gasteiger partial charge in [-0.1, -0.05) is 42.0 Å². The van der Waals surface area contributed by atoms with Crippen LogP contribution in [0.4, 0.5) is 5.69 Å².